The molecule has 0 aromatic carbocycles. The van der Waals surface area contributed by atoms with Gasteiger partial charge >= 0.3 is 0 Å². The molecule has 3 heteroatoms. The van der Waals surface area contributed by atoms with Crippen LogP contribution >= 0.6 is 0 Å². The third-order valence-corrected chi connectivity index (χ3v) is 1.36. The Morgan fingerprint density at radius 1 is 1.58 bits per heavy atom. The van der Waals surface area contributed by atoms with Crippen molar-refractivity contribution in [3.05, 3.63) is 33.7 Å². The highest BCUT2D eigenvalue weighted by molar-refractivity contribution is 5.73. The van der Waals surface area contributed by atoms with E-state index < -0.39 is 0 Å². The van der Waals surface area contributed by atoms with E-state index in [2.05, 4.69) is 16.8 Å². The van der Waals surface area contributed by atoms with Crippen molar-refractivity contribution in [2.24, 2.45) is 0 Å². The molecule has 0 saturated heterocycles. The number of aromatic nitrogens is 1. The maximum absolute atomic E-state index is 10.9. The van der Waals surface area contributed by atoms with Gasteiger partial charge in [0.15, 0.2) is 6.29 Å². The molecule has 0 amide bonds. The summed E-state index contributed by atoms with van der Waals surface area (Å²) in [6.45, 7) is 1.69. The molecule has 60 valence electrons. The van der Waals surface area contributed by atoms with E-state index in [0.29, 0.717) is 17.4 Å². The largest absolute Gasteiger partial charge is 0.328 e. The summed E-state index contributed by atoms with van der Waals surface area (Å²) in [5.74, 6) is 4.83. The molecule has 1 aromatic heterocycles. The van der Waals surface area contributed by atoms with Crippen molar-refractivity contribution in [2.45, 2.75) is 6.92 Å². The fraction of sp³-hybridized carbons (Fsp3) is 0.111. The first-order valence-electron chi connectivity index (χ1n) is 3.38. The normalized spacial score (nSPS) is 8.42. The molecule has 0 fully saturated rings. The number of aromatic amines is 1. The molecule has 0 aliphatic rings. The Hall–Kier alpha value is -1.82. The van der Waals surface area contributed by atoms with Crippen LogP contribution in [0.25, 0.3) is 0 Å². The van der Waals surface area contributed by atoms with Gasteiger partial charge in [0.25, 0.3) is 5.56 Å². The van der Waals surface area contributed by atoms with Crippen LogP contribution in [0.3, 0.4) is 0 Å². The van der Waals surface area contributed by atoms with Crippen molar-refractivity contribution < 1.29 is 4.79 Å². The van der Waals surface area contributed by atoms with Crippen LogP contribution in [0.1, 0.15) is 11.1 Å². The van der Waals surface area contributed by atoms with E-state index in [4.69, 9.17) is 0 Å². The van der Waals surface area contributed by atoms with Gasteiger partial charge in [-0.25, -0.2) is 0 Å². The molecule has 0 aliphatic heterocycles. The van der Waals surface area contributed by atoms with E-state index in [-0.39, 0.29) is 5.56 Å². The molecular weight excluding hydrogens is 154 g/mol. The number of carbonyl (C=O) groups excluding carboxylic acids is 1. The van der Waals surface area contributed by atoms with Gasteiger partial charge in [0, 0.05) is 17.3 Å². The van der Waals surface area contributed by atoms with E-state index >= 15 is 0 Å². The Morgan fingerprint density at radius 2 is 2.33 bits per heavy atom. The Balaban J connectivity index is 3.13. The first kappa shape index (κ1) is 8.28. The SMILES string of the molecule is Cc1cc(C#CC=O)c[nH]c1=O. The number of rotatable bonds is 0. The lowest BCUT2D eigenvalue weighted by Gasteiger charge is -1.90. The van der Waals surface area contributed by atoms with Gasteiger partial charge < -0.3 is 4.98 Å². The topological polar surface area (TPSA) is 49.9 Å². The number of aryl methyl sites for hydroxylation is 1. The van der Waals surface area contributed by atoms with Crippen LogP contribution in [0.15, 0.2) is 17.1 Å². The molecule has 1 aromatic rings. The van der Waals surface area contributed by atoms with Gasteiger partial charge in [-0.15, -0.1) is 0 Å². The van der Waals surface area contributed by atoms with Crippen LogP contribution in [0.5, 0.6) is 0 Å². The number of aldehydes is 1. The predicted octanol–water partition coefficient (Wildman–Crippen LogP) is 0.234. The molecule has 1 rings (SSSR count). The second-order valence-corrected chi connectivity index (χ2v) is 2.29. The molecule has 0 radical (unpaired) electrons. The van der Waals surface area contributed by atoms with Gasteiger partial charge in [-0.05, 0) is 18.9 Å². The van der Waals surface area contributed by atoms with Gasteiger partial charge in [0.2, 0.25) is 0 Å². The van der Waals surface area contributed by atoms with E-state index in [1.807, 2.05) is 0 Å². The van der Waals surface area contributed by atoms with Crippen LogP contribution in [0, 0.1) is 18.8 Å². The standard InChI is InChI=1S/C9H7NO2/c1-7-5-8(3-2-4-11)6-10-9(7)12/h4-6H,1H3,(H,10,12). The maximum atomic E-state index is 10.9. The first-order chi connectivity index (χ1) is 5.74. The van der Waals surface area contributed by atoms with Crippen LogP contribution in [0.2, 0.25) is 0 Å². The van der Waals surface area contributed by atoms with Crippen LogP contribution in [-0.2, 0) is 4.79 Å². The molecule has 0 spiro atoms. The lowest BCUT2D eigenvalue weighted by Crippen LogP contribution is -2.08. The average Bonchev–Trinajstić information content (AvgIpc) is 2.07. The molecule has 12 heavy (non-hydrogen) atoms. The predicted molar refractivity (Wildman–Crippen MR) is 44.7 cm³/mol. The Kier molecular flexibility index (Phi) is 2.44. The zero-order valence-corrected chi connectivity index (χ0v) is 6.55. The minimum Gasteiger partial charge on any atom is -0.328 e. The first-order valence-corrected chi connectivity index (χ1v) is 3.38. The maximum Gasteiger partial charge on any atom is 0.250 e. The van der Waals surface area contributed by atoms with Gasteiger partial charge in [-0.2, -0.15) is 0 Å². The average molecular weight is 161 g/mol. The summed E-state index contributed by atoms with van der Waals surface area (Å²) in [7, 11) is 0. The van der Waals surface area contributed by atoms with Gasteiger partial charge in [0.1, 0.15) is 0 Å². The number of hydrogen-bond donors (Lipinski definition) is 1. The summed E-state index contributed by atoms with van der Waals surface area (Å²) < 4.78 is 0. The summed E-state index contributed by atoms with van der Waals surface area (Å²) in [6, 6.07) is 1.63. The zero-order valence-electron chi connectivity index (χ0n) is 6.55. The number of pyridine rings is 1. The van der Waals surface area contributed by atoms with E-state index in [1.54, 1.807) is 13.0 Å². The van der Waals surface area contributed by atoms with Crippen molar-refractivity contribution in [1.82, 2.24) is 4.98 Å². The highest BCUT2D eigenvalue weighted by atomic mass is 16.1. The van der Waals surface area contributed by atoms with Crippen molar-refractivity contribution in [2.75, 3.05) is 0 Å². The number of hydrogen-bond acceptors (Lipinski definition) is 2. The minimum atomic E-state index is -0.133. The molecule has 0 saturated carbocycles. The lowest BCUT2D eigenvalue weighted by atomic mass is 10.2. The van der Waals surface area contributed by atoms with E-state index in [9.17, 15) is 9.59 Å². The summed E-state index contributed by atoms with van der Waals surface area (Å²) in [4.78, 5) is 23.3. The molecule has 0 unspecified atom stereocenters. The highest BCUT2D eigenvalue weighted by Gasteiger charge is 1.92. The van der Waals surface area contributed by atoms with Gasteiger partial charge in [-0.3, -0.25) is 9.59 Å². The van der Waals surface area contributed by atoms with Crippen LogP contribution in [-0.4, -0.2) is 11.3 Å². The smallest absolute Gasteiger partial charge is 0.250 e. The monoisotopic (exact) mass is 161 g/mol. The quantitative estimate of drug-likeness (QED) is 0.437. The molecule has 1 N–H and O–H groups in total. The third kappa shape index (κ3) is 1.83. The molecular formula is C9H7NO2. The Morgan fingerprint density at radius 3 is 2.92 bits per heavy atom. The minimum absolute atomic E-state index is 0.133. The second kappa shape index (κ2) is 3.54. The van der Waals surface area contributed by atoms with Crippen molar-refractivity contribution >= 4 is 6.29 Å². The third-order valence-electron chi connectivity index (χ3n) is 1.36. The van der Waals surface area contributed by atoms with Crippen LogP contribution in [0.4, 0.5) is 0 Å². The van der Waals surface area contributed by atoms with E-state index in [0.717, 1.165) is 0 Å². The van der Waals surface area contributed by atoms with Crippen LogP contribution < -0.4 is 5.56 Å². The van der Waals surface area contributed by atoms with Crippen molar-refractivity contribution in [1.29, 1.82) is 0 Å². The summed E-state index contributed by atoms with van der Waals surface area (Å²) in [5, 5.41) is 0. The molecule has 1 heterocycles. The molecule has 0 atom stereocenters. The number of H-pyrrole nitrogens is 1. The zero-order chi connectivity index (χ0) is 8.97. The fourth-order valence-corrected chi connectivity index (χ4v) is 0.783. The van der Waals surface area contributed by atoms with Crippen molar-refractivity contribution in [3.63, 3.8) is 0 Å². The Bertz CT molecular complexity index is 407. The van der Waals surface area contributed by atoms with E-state index in [1.165, 1.54) is 6.20 Å². The highest BCUT2D eigenvalue weighted by Crippen LogP contribution is 1.93. The molecule has 0 aliphatic carbocycles. The van der Waals surface area contributed by atoms with Gasteiger partial charge in [0.05, 0.1) is 0 Å². The lowest BCUT2D eigenvalue weighted by molar-refractivity contribution is -0.103. The van der Waals surface area contributed by atoms with Crippen molar-refractivity contribution in [3.8, 4) is 11.8 Å². The number of carbonyl (C=O) groups is 1. The molecule has 3 nitrogen and oxygen atoms in total. The van der Waals surface area contributed by atoms with Gasteiger partial charge in [-0.1, -0.05) is 5.92 Å². The molecule has 0 bridgehead atoms. The summed E-state index contributed by atoms with van der Waals surface area (Å²) in [6.07, 6.45) is 1.99. The fourth-order valence-electron chi connectivity index (χ4n) is 0.783. The Labute approximate surface area is 69.4 Å². The summed E-state index contributed by atoms with van der Waals surface area (Å²) in [5.41, 5.74) is 1.10. The second-order valence-electron chi connectivity index (χ2n) is 2.29. The summed E-state index contributed by atoms with van der Waals surface area (Å²) >= 11 is 0. The number of nitrogens with one attached hydrogen (secondary N) is 1.